The van der Waals surface area contributed by atoms with E-state index in [4.69, 9.17) is 9.47 Å². The Hall–Kier alpha value is -1.27. The van der Waals surface area contributed by atoms with Crippen LogP contribution in [0.3, 0.4) is 0 Å². The van der Waals surface area contributed by atoms with E-state index in [-0.39, 0.29) is 12.2 Å². The van der Waals surface area contributed by atoms with Gasteiger partial charge in [0, 0.05) is 6.54 Å². The molecule has 6 heteroatoms. The molecule has 1 fully saturated rings. The van der Waals surface area contributed by atoms with Crippen molar-refractivity contribution in [3.8, 4) is 0 Å². The fraction of sp³-hybridized carbons (Fsp3) is 0.750. The second-order valence-electron chi connectivity index (χ2n) is 4.83. The molecule has 2 rings (SSSR count). The molecule has 0 radical (unpaired) electrons. The zero-order valence-electron chi connectivity index (χ0n) is 10.8. The van der Waals surface area contributed by atoms with Gasteiger partial charge in [-0.1, -0.05) is 13.8 Å². The molecule has 0 amide bonds. The second-order valence-corrected chi connectivity index (χ2v) is 4.83. The summed E-state index contributed by atoms with van der Waals surface area (Å²) < 4.78 is 12.4. The molecule has 1 aliphatic rings. The van der Waals surface area contributed by atoms with Crippen LogP contribution in [0.25, 0.3) is 0 Å². The van der Waals surface area contributed by atoms with E-state index in [9.17, 15) is 4.79 Å². The van der Waals surface area contributed by atoms with Crippen molar-refractivity contribution in [2.24, 2.45) is 5.92 Å². The first-order chi connectivity index (χ1) is 8.66. The summed E-state index contributed by atoms with van der Waals surface area (Å²) in [5.41, 5.74) is 0. The van der Waals surface area contributed by atoms with Crippen molar-refractivity contribution in [3.05, 3.63) is 12.2 Å². The number of carbonyl (C=O) groups excluding carboxylic acids is 1. The minimum absolute atomic E-state index is 0.00714. The average Bonchev–Trinajstić information content (AvgIpc) is 2.77. The fourth-order valence-electron chi connectivity index (χ4n) is 1.87. The van der Waals surface area contributed by atoms with E-state index >= 15 is 0 Å². The van der Waals surface area contributed by atoms with Crippen molar-refractivity contribution in [2.45, 2.75) is 32.9 Å². The van der Waals surface area contributed by atoms with E-state index in [2.05, 4.69) is 23.9 Å². The van der Waals surface area contributed by atoms with E-state index in [0.717, 1.165) is 6.54 Å². The zero-order valence-corrected chi connectivity index (χ0v) is 10.8. The Morgan fingerprint density at radius 1 is 1.56 bits per heavy atom. The number of ketones is 1. The van der Waals surface area contributed by atoms with Crippen molar-refractivity contribution in [1.29, 1.82) is 0 Å². The third-order valence-electron chi connectivity index (χ3n) is 2.74. The van der Waals surface area contributed by atoms with Crippen molar-refractivity contribution >= 4 is 5.78 Å². The number of rotatable bonds is 5. The van der Waals surface area contributed by atoms with Gasteiger partial charge in [0.25, 0.3) is 0 Å². The first-order valence-corrected chi connectivity index (χ1v) is 6.25. The number of Topliss-reactive ketones (excluding diaryl/α,β-unsaturated/α-hetero) is 1. The zero-order chi connectivity index (χ0) is 13.0. The summed E-state index contributed by atoms with van der Waals surface area (Å²) in [5, 5.41) is 4.14. The molecule has 0 saturated carbocycles. The van der Waals surface area contributed by atoms with E-state index in [0.29, 0.717) is 31.6 Å². The molecule has 0 aliphatic carbocycles. The molecule has 18 heavy (non-hydrogen) atoms. The van der Waals surface area contributed by atoms with Gasteiger partial charge in [-0.2, -0.15) is 5.10 Å². The highest BCUT2D eigenvalue weighted by atomic mass is 16.6. The normalized spacial score (nSPS) is 20.3. The molecule has 1 atom stereocenters. The van der Waals surface area contributed by atoms with Crippen LogP contribution in [-0.4, -0.2) is 46.5 Å². The van der Waals surface area contributed by atoms with Gasteiger partial charge in [0.15, 0.2) is 5.78 Å². The van der Waals surface area contributed by atoms with Gasteiger partial charge in [0.05, 0.1) is 26.2 Å². The largest absolute Gasteiger partial charge is 0.376 e. The first-order valence-electron chi connectivity index (χ1n) is 6.25. The van der Waals surface area contributed by atoms with Gasteiger partial charge in [-0.3, -0.25) is 4.79 Å². The van der Waals surface area contributed by atoms with Crippen molar-refractivity contribution in [3.63, 3.8) is 0 Å². The van der Waals surface area contributed by atoms with Crippen LogP contribution in [0, 0.1) is 5.92 Å². The SMILES string of the molecule is CC(C)Cn1ncnc1CC(=O)C1COCCO1. The third-order valence-corrected chi connectivity index (χ3v) is 2.74. The van der Waals surface area contributed by atoms with Gasteiger partial charge >= 0.3 is 0 Å². The maximum atomic E-state index is 12.0. The molecule has 1 aromatic rings. The van der Waals surface area contributed by atoms with Crippen molar-refractivity contribution in [2.75, 3.05) is 19.8 Å². The van der Waals surface area contributed by atoms with Gasteiger partial charge in [-0.25, -0.2) is 9.67 Å². The lowest BCUT2D eigenvalue weighted by atomic mass is 10.1. The lowest BCUT2D eigenvalue weighted by Gasteiger charge is -2.21. The standard InChI is InChI=1S/C12H19N3O3/c1-9(2)6-15-12(13-8-14-15)5-10(16)11-7-17-3-4-18-11/h8-9,11H,3-7H2,1-2H3. The topological polar surface area (TPSA) is 66.2 Å². The Labute approximate surface area is 106 Å². The Kier molecular flexibility index (Phi) is 4.43. The minimum atomic E-state index is -0.456. The molecule has 100 valence electrons. The van der Waals surface area contributed by atoms with Crippen molar-refractivity contribution < 1.29 is 14.3 Å². The minimum Gasteiger partial charge on any atom is -0.376 e. The Morgan fingerprint density at radius 3 is 3.06 bits per heavy atom. The maximum Gasteiger partial charge on any atom is 0.171 e. The van der Waals surface area contributed by atoms with Crippen LogP contribution in [0.2, 0.25) is 0 Å². The Balaban J connectivity index is 1.95. The van der Waals surface area contributed by atoms with Gasteiger partial charge in [0.2, 0.25) is 0 Å². The van der Waals surface area contributed by atoms with Crippen LogP contribution in [0.1, 0.15) is 19.7 Å². The Bertz CT molecular complexity index is 397. The summed E-state index contributed by atoms with van der Waals surface area (Å²) in [6.07, 6.45) is 1.28. The maximum absolute atomic E-state index is 12.0. The van der Waals surface area contributed by atoms with E-state index in [1.165, 1.54) is 6.33 Å². The molecule has 1 aromatic heterocycles. The predicted octanol–water partition coefficient (Wildman–Crippen LogP) is 0.461. The summed E-state index contributed by atoms with van der Waals surface area (Å²) in [6.45, 7) is 6.36. The number of aromatic nitrogens is 3. The summed E-state index contributed by atoms with van der Waals surface area (Å²) >= 11 is 0. The van der Waals surface area contributed by atoms with Gasteiger partial charge in [-0.15, -0.1) is 0 Å². The first kappa shape index (κ1) is 13.2. The molecule has 6 nitrogen and oxygen atoms in total. The molecule has 0 spiro atoms. The van der Waals surface area contributed by atoms with E-state index in [1.807, 2.05) is 0 Å². The van der Waals surface area contributed by atoms with Crippen LogP contribution in [-0.2, 0) is 27.2 Å². The smallest absolute Gasteiger partial charge is 0.171 e. The molecule has 1 saturated heterocycles. The summed E-state index contributed by atoms with van der Waals surface area (Å²) in [4.78, 5) is 16.2. The molecule has 0 N–H and O–H groups in total. The number of ether oxygens (including phenoxy) is 2. The second kappa shape index (κ2) is 6.06. The summed E-state index contributed by atoms with van der Waals surface area (Å²) in [7, 11) is 0. The lowest BCUT2D eigenvalue weighted by molar-refractivity contribution is -0.144. The highest BCUT2D eigenvalue weighted by Gasteiger charge is 2.24. The number of hydrogen-bond donors (Lipinski definition) is 0. The third kappa shape index (κ3) is 3.36. The van der Waals surface area contributed by atoms with Gasteiger partial charge < -0.3 is 9.47 Å². The van der Waals surface area contributed by atoms with Crippen LogP contribution in [0.15, 0.2) is 6.33 Å². The predicted molar refractivity (Wildman–Crippen MR) is 64.1 cm³/mol. The van der Waals surface area contributed by atoms with Crippen LogP contribution in [0.5, 0.6) is 0 Å². The van der Waals surface area contributed by atoms with Crippen molar-refractivity contribution in [1.82, 2.24) is 14.8 Å². The molecule has 1 unspecified atom stereocenters. The Morgan fingerprint density at radius 2 is 2.39 bits per heavy atom. The highest BCUT2D eigenvalue weighted by Crippen LogP contribution is 2.07. The lowest BCUT2D eigenvalue weighted by Crippen LogP contribution is -2.36. The van der Waals surface area contributed by atoms with Crippen LogP contribution < -0.4 is 0 Å². The quantitative estimate of drug-likeness (QED) is 0.762. The molecule has 2 heterocycles. The monoisotopic (exact) mass is 253 g/mol. The molecule has 0 aromatic carbocycles. The fourth-order valence-corrected chi connectivity index (χ4v) is 1.87. The van der Waals surface area contributed by atoms with E-state index < -0.39 is 6.10 Å². The molecule has 0 bridgehead atoms. The summed E-state index contributed by atoms with van der Waals surface area (Å²) in [5.74, 6) is 1.17. The molecule has 1 aliphatic heterocycles. The summed E-state index contributed by atoms with van der Waals surface area (Å²) in [6, 6.07) is 0. The highest BCUT2D eigenvalue weighted by molar-refractivity contribution is 5.84. The van der Waals surface area contributed by atoms with Crippen LogP contribution >= 0.6 is 0 Å². The van der Waals surface area contributed by atoms with E-state index in [1.54, 1.807) is 4.68 Å². The molecular formula is C12H19N3O3. The van der Waals surface area contributed by atoms with Gasteiger partial charge in [-0.05, 0) is 5.92 Å². The number of carbonyl (C=O) groups is 1. The van der Waals surface area contributed by atoms with Crippen LogP contribution in [0.4, 0.5) is 0 Å². The number of nitrogens with zero attached hydrogens (tertiary/aromatic N) is 3. The molecular weight excluding hydrogens is 234 g/mol. The average molecular weight is 253 g/mol. The number of hydrogen-bond acceptors (Lipinski definition) is 5. The van der Waals surface area contributed by atoms with Gasteiger partial charge in [0.1, 0.15) is 18.3 Å².